The highest BCUT2D eigenvalue weighted by Crippen LogP contribution is 2.39. The van der Waals surface area contributed by atoms with Crippen molar-refractivity contribution in [3.05, 3.63) is 113 Å². The van der Waals surface area contributed by atoms with Gasteiger partial charge in [-0.25, -0.2) is 0 Å². The van der Waals surface area contributed by atoms with Crippen LogP contribution in [0.25, 0.3) is 5.57 Å². The third kappa shape index (κ3) is 3.49. The average Bonchev–Trinajstić information content (AvgIpc) is 2.71. The Labute approximate surface area is 156 Å². The second-order valence-electron chi connectivity index (χ2n) is 7.11. The zero-order chi connectivity index (χ0) is 17.8. The molecule has 0 saturated carbocycles. The summed E-state index contributed by atoms with van der Waals surface area (Å²) in [5.74, 6) is 0.436. The summed E-state index contributed by atoms with van der Waals surface area (Å²) in [6.45, 7) is 2.18. The van der Waals surface area contributed by atoms with Gasteiger partial charge in [0, 0.05) is 19.0 Å². The molecule has 0 bridgehead atoms. The van der Waals surface area contributed by atoms with E-state index >= 15 is 0 Å². The third-order valence-electron chi connectivity index (χ3n) is 5.33. The fourth-order valence-electron chi connectivity index (χ4n) is 4.04. The van der Waals surface area contributed by atoms with Gasteiger partial charge in [0.15, 0.2) is 0 Å². The highest BCUT2D eigenvalue weighted by molar-refractivity contribution is 5.83. The number of piperidine rings is 1. The molecule has 3 aromatic rings. The molecule has 0 aliphatic carbocycles. The molecule has 1 aliphatic heterocycles. The predicted octanol–water partition coefficient (Wildman–Crippen LogP) is 5.61. The summed E-state index contributed by atoms with van der Waals surface area (Å²) in [5.41, 5.74) is 7.02. The lowest BCUT2D eigenvalue weighted by molar-refractivity contribution is 0.292. The van der Waals surface area contributed by atoms with E-state index in [4.69, 9.17) is 0 Å². The zero-order valence-electron chi connectivity index (χ0n) is 15.3. The van der Waals surface area contributed by atoms with Gasteiger partial charge >= 0.3 is 0 Å². The van der Waals surface area contributed by atoms with E-state index < -0.39 is 0 Å². The molecule has 3 aromatic carbocycles. The van der Waals surface area contributed by atoms with Crippen LogP contribution in [0.5, 0.6) is 0 Å². The molecule has 26 heavy (non-hydrogen) atoms. The molecule has 0 unspecified atom stereocenters. The molecule has 4 rings (SSSR count). The number of hydrogen-bond donors (Lipinski definition) is 0. The van der Waals surface area contributed by atoms with Crippen LogP contribution in [0.3, 0.4) is 0 Å². The molecule has 1 heteroatoms. The van der Waals surface area contributed by atoms with Gasteiger partial charge in [-0.2, -0.15) is 0 Å². The summed E-state index contributed by atoms with van der Waals surface area (Å²) in [6.07, 6.45) is 1.11. The Balaban J connectivity index is 1.92. The van der Waals surface area contributed by atoms with E-state index in [0.717, 1.165) is 19.5 Å². The van der Waals surface area contributed by atoms with Crippen molar-refractivity contribution in [3.63, 3.8) is 0 Å². The summed E-state index contributed by atoms with van der Waals surface area (Å²) >= 11 is 0. The maximum atomic E-state index is 2.45. The minimum Gasteiger partial charge on any atom is -0.305 e. The van der Waals surface area contributed by atoms with E-state index in [1.807, 2.05) is 0 Å². The lowest BCUT2D eigenvalue weighted by Gasteiger charge is -2.35. The highest BCUT2D eigenvalue weighted by atomic mass is 15.1. The highest BCUT2D eigenvalue weighted by Gasteiger charge is 2.27. The minimum absolute atomic E-state index is 0.436. The van der Waals surface area contributed by atoms with Gasteiger partial charge in [0.25, 0.3) is 0 Å². The molecule has 1 saturated heterocycles. The first-order valence-electron chi connectivity index (χ1n) is 9.40. The monoisotopic (exact) mass is 339 g/mol. The van der Waals surface area contributed by atoms with Crippen LogP contribution < -0.4 is 0 Å². The molecule has 130 valence electrons. The van der Waals surface area contributed by atoms with Crippen molar-refractivity contribution in [1.82, 2.24) is 4.90 Å². The van der Waals surface area contributed by atoms with Crippen molar-refractivity contribution >= 4 is 5.57 Å². The predicted molar refractivity (Wildman–Crippen MR) is 110 cm³/mol. The molecule has 1 aliphatic rings. The van der Waals surface area contributed by atoms with Crippen LogP contribution in [-0.4, -0.2) is 25.0 Å². The van der Waals surface area contributed by atoms with Crippen LogP contribution in [0, 0.1) is 0 Å². The second-order valence-corrected chi connectivity index (χ2v) is 7.11. The summed E-state index contributed by atoms with van der Waals surface area (Å²) in [6, 6.07) is 32.7. The Hall–Kier alpha value is -2.64. The Bertz CT molecular complexity index is 824. The lowest BCUT2D eigenvalue weighted by Crippen LogP contribution is -2.33. The van der Waals surface area contributed by atoms with Crippen molar-refractivity contribution in [3.8, 4) is 0 Å². The summed E-state index contributed by atoms with van der Waals surface area (Å²) in [4.78, 5) is 2.45. The number of hydrogen-bond acceptors (Lipinski definition) is 1. The van der Waals surface area contributed by atoms with E-state index in [0.29, 0.717) is 5.92 Å². The Kier molecular flexibility index (Phi) is 4.99. The molecule has 1 fully saturated rings. The molecule has 1 atom stereocenters. The molecule has 0 N–H and O–H groups in total. The standard InChI is InChI=1S/C25H25N/c1-26-18-17-23(24(19-26)20-11-5-2-6-12-20)25(21-13-7-3-8-14-21)22-15-9-4-10-16-22/h2-16,24H,17-19H2,1H3/t24-/m1/s1. The van der Waals surface area contributed by atoms with E-state index in [-0.39, 0.29) is 0 Å². The first-order valence-corrected chi connectivity index (χ1v) is 9.40. The largest absolute Gasteiger partial charge is 0.305 e. The smallest absolute Gasteiger partial charge is 0.0185 e. The van der Waals surface area contributed by atoms with Crippen LogP contribution in [0.1, 0.15) is 29.0 Å². The number of rotatable bonds is 3. The van der Waals surface area contributed by atoms with Crippen molar-refractivity contribution in [1.29, 1.82) is 0 Å². The number of likely N-dealkylation sites (N-methyl/N-ethyl adjacent to an activating group) is 1. The molecule has 1 heterocycles. The van der Waals surface area contributed by atoms with Crippen LogP contribution in [-0.2, 0) is 0 Å². The number of likely N-dealkylation sites (tertiary alicyclic amines) is 1. The topological polar surface area (TPSA) is 3.24 Å². The molecular formula is C25H25N. The quantitative estimate of drug-likeness (QED) is 0.600. The number of benzene rings is 3. The van der Waals surface area contributed by atoms with Gasteiger partial charge < -0.3 is 4.90 Å². The fraction of sp³-hybridized carbons (Fsp3) is 0.200. The maximum Gasteiger partial charge on any atom is 0.0185 e. The minimum atomic E-state index is 0.436. The summed E-state index contributed by atoms with van der Waals surface area (Å²) in [5, 5.41) is 0. The van der Waals surface area contributed by atoms with E-state index in [1.165, 1.54) is 22.3 Å². The lowest BCUT2D eigenvalue weighted by atomic mass is 9.79. The van der Waals surface area contributed by atoms with Gasteiger partial charge in [0.2, 0.25) is 0 Å². The van der Waals surface area contributed by atoms with Crippen LogP contribution in [0.15, 0.2) is 96.6 Å². The summed E-state index contributed by atoms with van der Waals surface area (Å²) in [7, 11) is 2.23. The Morgan fingerprint density at radius 3 is 1.77 bits per heavy atom. The van der Waals surface area contributed by atoms with E-state index in [1.54, 1.807) is 5.57 Å². The molecule has 0 aromatic heterocycles. The molecule has 0 amide bonds. The fourth-order valence-corrected chi connectivity index (χ4v) is 4.04. The van der Waals surface area contributed by atoms with Gasteiger partial charge in [-0.15, -0.1) is 0 Å². The van der Waals surface area contributed by atoms with E-state index in [9.17, 15) is 0 Å². The maximum absolute atomic E-state index is 2.45. The van der Waals surface area contributed by atoms with Crippen LogP contribution >= 0.6 is 0 Å². The summed E-state index contributed by atoms with van der Waals surface area (Å²) < 4.78 is 0. The van der Waals surface area contributed by atoms with Gasteiger partial charge in [-0.05, 0) is 35.7 Å². The Morgan fingerprint density at radius 2 is 1.23 bits per heavy atom. The van der Waals surface area contributed by atoms with Crippen molar-refractivity contribution < 1.29 is 0 Å². The first-order chi connectivity index (χ1) is 12.8. The van der Waals surface area contributed by atoms with Crippen molar-refractivity contribution in [2.75, 3.05) is 20.1 Å². The van der Waals surface area contributed by atoms with Crippen molar-refractivity contribution in [2.45, 2.75) is 12.3 Å². The molecular weight excluding hydrogens is 314 g/mol. The van der Waals surface area contributed by atoms with Gasteiger partial charge in [0.1, 0.15) is 0 Å². The van der Waals surface area contributed by atoms with E-state index in [2.05, 4.69) is 103 Å². The molecule has 1 nitrogen and oxygen atoms in total. The van der Waals surface area contributed by atoms with Gasteiger partial charge in [-0.1, -0.05) is 96.6 Å². The molecule has 0 spiro atoms. The molecule has 0 radical (unpaired) electrons. The van der Waals surface area contributed by atoms with Gasteiger partial charge in [0.05, 0.1) is 0 Å². The third-order valence-corrected chi connectivity index (χ3v) is 5.33. The zero-order valence-corrected chi connectivity index (χ0v) is 15.3. The normalized spacial score (nSPS) is 17.9. The van der Waals surface area contributed by atoms with Crippen molar-refractivity contribution in [2.24, 2.45) is 0 Å². The average molecular weight is 339 g/mol. The second kappa shape index (κ2) is 7.72. The number of nitrogens with zero attached hydrogens (tertiary/aromatic N) is 1. The van der Waals surface area contributed by atoms with Gasteiger partial charge in [-0.3, -0.25) is 0 Å². The van der Waals surface area contributed by atoms with Crippen LogP contribution in [0.2, 0.25) is 0 Å². The first kappa shape index (κ1) is 16.8. The Morgan fingerprint density at radius 1 is 0.731 bits per heavy atom. The van der Waals surface area contributed by atoms with Crippen LogP contribution in [0.4, 0.5) is 0 Å². The SMILES string of the molecule is CN1CCC(=C(c2ccccc2)c2ccccc2)[C@@H](c2ccccc2)C1.